The van der Waals surface area contributed by atoms with Crippen LogP contribution in [0, 0.1) is 0 Å². The predicted molar refractivity (Wildman–Crippen MR) is 80.1 cm³/mol. The van der Waals surface area contributed by atoms with Gasteiger partial charge in [0.1, 0.15) is 6.04 Å². The molecule has 21 heavy (non-hydrogen) atoms. The molecule has 114 valence electrons. The van der Waals surface area contributed by atoms with Gasteiger partial charge in [0.25, 0.3) is 0 Å². The molecule has 1 aromatic rings. The molecule has 3 N–H and O–H groups in total. The molecule has 1 unspecified atom stereocenters. The van der Waals surface area contributed by atoms with E-state index in [9.17, 15) is 9.59 Å². The Labute approximate surface area is 124 Å². The minimum Gasteiger partial charge on any atom is -0.378 e. The summed E-state index contributed by atoms with van der Waals surface area (Å²) in [5, 5.41) is 8.42. The van der Waals surface area contributed by atoms with Crippen molar-refractivity contribution in [1.29, 1.82) is 0 Å². The van der Waals surface area contributed by atoms with Crippen LogP contribution in [-0.4, -0.2) is 44.2 Å². The highest BCUT2D eigenvalue weighted by Crippen LogP contribution is 2.10. The first-order chi connectivity index (χ1) is 10.2. The highest BCUT2D eigenvalue weighted by molar-refractivity contribution is 5.95. The third-order valence-electron chi connectivity index (χ3n) is 3.28. The first-order valence-electron chi connectivity index (χ1n) is 7.16. The molecule has 6 nitrogen and oxygen atoms in total. The number of carbonyl (C=O) groups is 2. The summed E-state index contributed by atoms with van der Waals surface area (Å²) in [5.74, 6) is -0.458. The fraction of sp³-hybridized carbons (Fsp3) is 0.467. The van der Waals surface area contributed by atoms with Crippen molar-refractivity contribution in [3.05, 3.63) is 29.8 Å². The molecule has 0 spiro atoms. The van der Waals surface area contributed by atoms with Gasteiger partial charge < -0.3 is 20.7 Å². The number of anilines is 1. The van der Waals surface area contributed by atoms with Crippen molar-refractivity contribution in [3.8, 4) is 0 Å². The number of benzene rings is 1. The van der Waals surface area contributed by atoms with Crippen molar-refractivity contribution in [2.45, 2.75) is 19.4 Å². The van der Waals surface area contributed by atoms with E-state index in [0.29, 0.717) is 19.8 Å². The largest absolute Gasteiger partial charge is 0.378 e. The Morgan fingerprint density at radius 3 is 3.00 bits per heavy atom. The highest BCUT2D eigenvalue weighted by atomic mass is 16.5. The smallest absolute Gasteiger partial charge is 0.243 e. The Bertz CT molecular complexity index is 499. The SMILES string of the molecule is CCc1cccc(NC(=O)CNC(=O)C2COCCN2)c1. The van der Waals surface area contributed by atoms with Crippen LogP contribution >= 0.6 is 0 Å². The molecule has 1 saturated heterocycles. The molecule has 1 aliphatic heterocycles. The van der Waals surface area contributed by atoms with Gasteiger partial charge in [0, 0.05) is 12.2 Å². The lowest BCUT2D eigenvalue weighted by atomic mass is 10.1. The minimum atomic E-state index is -0.380. The van der Waals surface area contributed by atoms with Crippen molar-refractivity contribution in [3.63, 3.8) is 0 Å². The Hall–Kier alpha value is -1.92. The fourth-order valence-electron chi connectivity index (χ4n) is 2.10. The molecule has 2 amide bonds. The van der Waals surface area contributed by atoms with Gasteiger partial charge in [-0.2, -0.15) is 0 Å². The number of ether oxygens (including phenoxy) is 1. The normalized spacial score (nSPS) is 18.0. The number of morpholine rings is 1. The zero-order valence-electron chi connectivity index (χ0n) is 12.1. The summed E-state index contributed by atoms with van der Waals surface area (Å²) in [7, 11) is 0. The van der Waals surface area contributed by atoms with E-state index < -0.39 is 0 Å². The van der Waals surface area contributed by atoms with E-state index in [1.807, 2.05) is 24.3 Å². The molecular weight excluding hydrogens is 270 g/mol. The number of amides is 2. The quantitative estimate of drug-likeness (QED) is 0.728. The summed E-state index contributed by atoms with van der Waals surface area (Å²) >= 11 is 0. The van der Waals surface area contributed by atoms with Crippen LogP contribution in [0.1, 0.15) is 12.5 Å². The van der Waals surface area contributed by atoms with Gasteiger partial charge in [-0.05, 0) is 24.1 Å². The minimum absolute atomic E-state index is 0.0482. The number of aryl methyl sites for hydroxylation is 1. The van der Waals surface area contributed by atoms with E-state index in [1.165, 1.54) is 0 Å². The molecule has 0 radical (unpaired) electrons. The summed E-state index contributed by atoms with van der Waals surface area (Å²) in [6.07, 6.45) is 0.911. The molecule has 1 aliphatic rings. The van der Waals surface area contributed by atoms with Crippen LogP contribution in [0.2, 0.25) is 0 Å². The third kappa shape index (κ3) is 4.84. The van der Waals surface area contributed by atoms with Gasteiger partial charge in [0.2, 0.25) is 11.8 Å². The van der Waals surface area contributed by atoms with Gasteiger partial charge in [-0.3, -0.25) is 9.59 Å². The van der Waals surface area contributed by atoms with Crippen LogP contribution in [0.3, 0.4) is 0 Å². The molecular formula is C15H21N3O3. The van der Waals surface area contributed by atoms with Crippen molar-refractivity contribution >= 4 is 17.5 Å². The number of hydrogen-bond donors (Lipinski definition) is 3. The van der Waals surface area contributed by atoms with Crippen LogP contribution in [0.25, 0.3) is 0 Å². The predicted octanol–water partition coefficient (Wildman–Crippen LogP) is 0.292. The molecule has 0 aliphatic carbocycles. The van der Waals surface area contributed by atoms with Gasteiger partial charge >= 0.3 is 0 Å². The number of hydrogen-bond acceptors (Lipinski definition) is 4. The number of rotatable bonds is 5. The Kier molecular flexibility index (Phi) is 5.71. The topological polar surface area (TPSA) is 79.5 Å². The Morgan fingerprint density at radius 1 is 1.43 bits per heavy atom. The number of nitrogens with one attached hydrogen (secondary N) is 3. The van der Waals surface area contributed by atoms with Crippen molar-refractivity contribution in [1.82, 2.24) is 10.6 Å². The average molecular weight is 291 g/mol. The molecule has 0 bridgehead atoms. The van der Waals surface area contributed by atoms with E-state index in [-0.39, 0.29) is 24.4 Å². The second kappa shape index (κ2) is 7.75. The van der Waals surface area contributed by atoms with E-state index >= 15 is 0 Å². The summed E-state index contributed by atoms with van der Waals surface area (Å²) < 4.78 is 5.21. The van der Waals surface area contributed by atoms with Crippen molar-refractivity contribution in [2.24, 2.45) is 0 Å². The molecule has 1 atom stereocenters. The van der Waals surface area contributed by atoms with Crippen molar-refractivity contribution < 1.29 is 14.3 Å². The number of carbonyl (C=O) groups excluding carboxylic acids is 2. The molecule has 1 fully saturated rings. The zero-order valence-corrected chi connectivity index (χ0v) is 12.1. The summed E-state index contributed by atoms with van der Waals surface area (Å²) in [5.41, 5.74) is 1.90. The highest BCUT2D eigenvalue weighted by Gasteiger charge is 2.21. The third-order valence-corrected chi connectivity index (χ3v) is 3.28. The maximum atomic E-state index is 11.8. The Morgan fingerprint density at radius 2 is 2.29 bits per heavy atom. The molecule has 1 heterocycles. The first-order valence-corrected chi connectivity index (χ1v) is 7.16. The monoisotopic (exact) mass is 291 g/mol. The first kappa shape index (κ1) is 15.5. The van der Waals surface area contributed by atoms with Crippen LogP contribution in [0.5, 0.6) is 0 Å². The second-order valence-corrected chi connectivity index (χ2v) is 4.90. The summed E-state index contributed by atoms with van der Waals surface area (Å²) in [6, 6.07) is 7.28. The molecule has 0 saturated carbocycles. The van der Waals surface area contributed by atoms with Crippen LogP contribution in [0.15, 0.2) is 24.3 Å². The van der Waals surface area contributed by atoms with Crippen LogP contribution in [-0.2, 0) is 20.7 Å². The lowest BCUT2D eigenvalue weighted by Gasteiger charge is -2.22. The standard InChI is InChI=1S/C15H21N3O3/c1-2-11-4-3-5-12(8-11)18-14(19)9-17-15(20)13-10-21-7-6-16-13/h3-5,8,13,16H,2,6-7,9-10H2,1H3,(H,17,20)(H,18,19). The van der Waals surface area contributed by atoms with Gasteiger partial charge in [-0.25, -0.2) is 0 Å². The maximum absolute atomic E-state index is 11.8. The molecule has 0 aromatic heterocycles. The van der Waals surface area contributed by atoms with Gasteiger partial charge in [-0.15, -0.1) is 0 Å². The summed E-state index contributed by atoms with van der Waals surface area (Å²) in [6.45, 7) is 3.60. The fourth-order valence-corrected chi connectivity index (χ4v) is 2.10. The lowest BCUT2D eigenvalue weighted by molar-refractivity contribution is -0.128. The maximum Gasteiger partial charge on any atom is 0.243 e. The van der Waals surface area contributed by atoms with Crippen LogP contribution in [0.4, 0.5) is 5.69 Å². The zero-order chi connectivity index (χ0) is 15.1. The van der Waals surface area contributed by atoms with E-state index in [0.717, 1.165) is 17.7 Å². The van der Waals surface area contributed by atoms with Gasteiger partial charge in [0.15, 0.2) is 0 Å². The van der Waals surface area contributed by atoms with Crippen molar-refractivity contribution in [2.75, 3.05) is 31.6 Å². The van der Waals surface area contributed by atoms with Crippen LogP contribution < -0.4 is 16.0 Å². The van der Waals surface area contributed by atoms with Gasteiger partial charge in [-0.1, -0.05) is 19.1 Å². The second-order valence-electron chi connectivity index (χ2n) is 4.90. The van der Waals surface area contributed by atoms with E-state index in [4.69, 9.17) is 4.74 Å². The summed E-state index contributed by atoms with van der Waals surface area (Å²) in [4.78, 5) is 23.6. The van der Waals surface area contributed by atoms with E-state index in [2.05, 4.69) is 22.9 Å². The molecule has 2 rings (SSSR count). The van der Waals surface area contributed by atoms with Gasteiger partial charge in [0.05, 0.1) is 19.8 Å². The Balaban J connectivity index is 1.77. The molecule has 6 heteroatoms. The average Bonchev–Trinajstić information content (AvgIpc) is 2.53. The molecule has 1 aromatic carbocycles. The van der Waals surface area contributed by atoms with E-state index in [1.54, 1.807) is 0 Å². The lowest BCUT2D eigenvalue weighted by Crippen LogP contribution is -2.52.